The fourth-order valence-electron chi connectivity index (χ4n) is 3.37. The molecule has 0 saturated heterocycles. The highest BCUT2D eigenvalue weighted by atomic mass is 16.2. The van der Waals surface area contributed by atoms with Gasteiger partial charge in [-0.1, -0.05) is 24.3 Å². The van der Waals surface area contributed by atoms with E-state index in [0.29, 0.717) is 6.54 Å². The van der Waals surface area contributed by atoms with E-state index in [9.17, 15) is 4.79 Å². The number of hydrogen-bond acceptors (Lipinski definition) is 3. The second-order valence-electron chi connectivity index (χ2n) is 7.65. The van der Waals surface area contributed by atoms with E-state index in [4.69, 9.17) is 0 Å². The van der Waals surface area contributed by atoms with Gasteiger partial charge in [-0.05, 0) is 57.6 Å². The fourth-order valence-corrected chi connectivity index (χ4v) is 3.37. The van der Waals surface area contributed by atoms with Crippen LogP contribution in [0, 0.1) is 0 Å². The summed E-state index contributed by atoms with van der Waals surface area (Å²) in [7, 11) is 0. The maximum absolute atomic E-state index is 12.3. The summed E-state index contributed by atoms with van der Waals surface area (Å²) in [5, 5.41) is 10.3. The standard InChI is InChI=1S/C19H27N5O/c1-19(2,3)24-17(21-13-22-24)12-20-18(25)23-16-10-6-9-14-7-4-5-8-15(14)11-16/h4-5,7-8,13,16H,6,9-12H2,1-3H3,(H2,20,23,25). The molecule has 2 aromatic rings. The van der Waals surface area contributed by atoms with Crippen molar-refractivity contribution in [2.75, 3.05) is 0 Å². The first-order valence-corrected chi connectivity index (χ1v) is 8.94. The SMILES string of the molecule is CC(C)(C)n1ncnc1CNC(=O)NC1CCCc2ccccc2C1. The molecule has 6 nitrogen and oxygen atoms in total. The number of urea groups is 1. The Morgan fingerprint density at radius 1 is 1.28 bits per heavy atom. The molecule has 3 rings (SSSR count). The van der Waals surface area contributed by atoms with Gasteiger partial charge in [0.25, 0.3) is 0 Å². The molecular weight excluding hydrogens is 314 g/mol. The Morgan fingerprint density at radius 3 is 2.80 bits per heavy atom. The Hall–Kier alpha value is -2.37. The highest BCUT2D eigenvalue weighted by molar-refractivity contribution is 5.74. The summed E-state index contributed by atoms with van der Waals surface area (Å²) in [4.78, 5) is 16.6. The lowest BCUT2D eigenvalue weighted by Gasteiger charge is -2.22. The summed E-state index contributed by atoms with van der Waals surface area (Å²) in [6.07, 6.45) is 5.61. The zero-order valence-electron chi connectivity index (χ0n) is 15.2. The van der Waals surface area contributed by atoms with Gasteiger partial charge in [0, 0.05) is 6.04 Å². The topological polar surface area (TPSA) is 71.8 Å². The van der Waals surface area contributed by atoms with Gasteiger partial charge in [-0.25, -0.2) is 14.5 Å². The Labute approximate surface area is 149 Å². The summed E-state index contributed by atoms with van der Waals surface area (Å²) >= 11 is 0. The number of aryl methyl sites for hydroxylation is 1. The number of carbonyl (C=O) groups is 1. The van der Waals surface area contributed by atoms with E-state index < -0.39 is 0 Å². The summed E-state index contributed by atoms with van der Waals surface area (Å²) in [6, 6.07) is 8.54. The van der Waals surface area contributed by atoms with Crippen LogP contribution in [0.1, 0.15) is 50.6 Å². The summed E-state index contributed by atoms with van der Waals surface area (Å²) < 4.78 is 1.84. The van der Waals surface area contributed by atoms with Crippen LogP contribution in [0.3, 0.4) is 0 Å². The number of amides is 2. The minimum atomic E-state index is -0.158. The molecule has 0 saturated carbocycles. The second-order valence-corrected chi connectivity index (χ2v) is 7.65. The zero-order valence-corrected chi connectivity index (χ0v) is 15.2. The number of nitrogens with zero attached hydrogens (tertiary/aromatic N) is 3. The number of rotatable bonds is 3. The minimum absolute atomic E-state index is 0.146. The van der Waals surface area contributed by atoms with Crippen LogP contribution in [0.15, 0.2) is 30.6 Å². The number of aromatic nitrogens is 3. The van der Waals surface area contributed by atoms with Crippen molar-refractivity contribution in [3.63, 3.8) is 0 Å². The molecule has 1 aliphatic carbocycles. The molecule has 0 spiro atoms. The van der Waals surface area contributed by atoms with E-state index in [2.05, 4.69) is 65.8 Å². The Bertz CT molecular complexity index is 731. The lowest BCUT2D eigenvalue weighted by molar-refractivity contribution is 0.234. The van der Waals surface area contributed by atoms with Gasteiger partial charge < -0.3 is 10.6 Å². The summed E-state index contributed by atoms with van der Waals surface area (Å²) in [5.41, 5.74) is 2.60. The van der Waals surface area contributed by atoms with Gasteiger partial charge >= 0.3 is 6.03 Å². The molecule has 25 heavy (non-hydrogen) atoms. The Balaban J connectivity index is 1.56. The number of benzene rings is 1. The first-order chi connectivity index (χ1) is 11.9. The number of carbonyl (C=O) groups excluding carboxylic acids is 1. The van der Waals surface area contributed by atoms with Gasteiger partial charge in [0.05, 0.1) is 12.1 Å². The largest absolute Gasteiger partial charge is 0.335 e. The van der Waals surface area contributed by atoms with Gasteiger partial charge in [-0.3, -0.25) is 0 Å². The number of nitrogens with one attached hydrogen (secondary N) is 2. The molecule has 134 valence electrons. The van der Waals surface area contributed by atoms with Crippen LogP contribution in [-0.2, 0) is 24.9 Å². The minimum Gasteiger partial charge on any atom is -0.335 e. The first-order valence-electron chi connectivity index (χ1n) is 8.94. The molecule has 6 heteroatoms. The van der Waals surface area contributed by atoms with Crippen molar-refractivity contribution < 1.29 is 4.79 Å². The normalized spacial score (nSPS) is 17.5. The molecule has 1 atom stereocenters. The van der Waals surface area contributed by atoms with Gasteiger partial charge in [0.15, 0.2) is 0 Å². The van der Waals surface area contributed by atoms with Gasteiger partial charge in [0.2, 0.25) is 0 Å². The molecule has 1 heterocycles. The average Bonchev–Trinajstić information content (AvgIpc) is 2.94. The molecule has 0 fully saturated rings. The van der Waals surface area contributed by atoms with E-state index in [1.807, 2.05) is 4.68 Å². The average molecular weight is 341 g/mol. The summed E-state index contributed by atoms with van der Waals surface area (Å²) in [5.74, 6) is 0.758. The maximum atomic E-state index is 12.3. The van der Waals surface area contributed by atoms with E-state index in [1.165, 1.54) is 17.5 Å². The Kier molecular flexibility index (Phi) is 5.06. The van der Waals surface area contributed by atoms with Crippen molar-refractivity contribution in [3.8, 4) is 0 Å². The first kappa shape index (κ1) is 17.5. The van der Waals surface area contributed by atoms with Gasteiger partial charge in [0.1, 0.15) is 12.2 Å². The van der Waals surface area contributed by atoms with Crippen LogP contribution in [0.5, 0.6) is 0 Å². The van der Waals surface area contributed by atoms with Crippen LogP contribution in [0.2, 0.25) is 0 Å². The van der Waals surface area contributed by atoms with E-state index in [-0.39, 0.29) is 17.6 Å². The molecule has 1 unspecified atom stereocenters. The van der Waals surface area contributed by atoms with Crippen molar-refractivity contribution in [2.45, 2.75) is 64.6 Å². The quantitative estimate of drug-likeness (QED) is 0.843. The monoisotopic (exact) mass is 341 g/mol. The molecule has 0 radical (unpaired) electrons. The van der Waals surface area contributed by atoms with Crippen molar-refractivity contribution in [3.05, 3.63) is 47.5 Å². The van der Waals surface area contributed by atoms with E-state index in [0.717, 1.165) is 31.5 Å². The Morgan fingerprint density at radius 2 is 2.04 bits per heavy atom. The molecule has 2 amide bonds. The van der Waals surface area contributed by atoms with Crippen LogP contribution in [-0.4, -0.2) is 26.8 Å². The van der Waals surface area contributed by atoms with Gasteiger partial charge in [-0.2, -0.15) is 5.10 Å². The predicted octanol–water partition coefficient (Wildman–Crippen LogP) is 2.78. The van der Waals surface area contributed by atoms with Crippen molar-refractivity contribution in [1.82, 2.24) is 25.4 Å². The van der Waals surface area contributed by atoms with Crippen LogP contribution >= 0.6 is 0 Å². The lowest BCUT2D eigenvalue weighted by Crippen LogP contribution is -2.43. The van der Waals surface area contributed by atoms with Crippen LogP contribution in [0.25, 0.3) is 0 Å². The van der Waals surface area contributed by atoms with Gasteiger partial charge in [-0.15, -0.1) is 0 Å². The predicted molar refractivity (Wildman–Crippen MR) is 97.3 cm³/mol. The number of hydrogen-bond donors (Lipinski definition) is 2. The third-order valence-corrected chi connectivity index (χ3v) is 4.58. The van der Waals surface area contributed by atoms with E-state index >= 15 is 0 Å². The van der Waals surface area contributed by atoms with E-state index in [1.54, 1.807) is 0 Å². The summed E-state index contributed by atoms with van der Waals surface area (Å²) in [6.45, 7) is 6.56. The molecule has 1 aliphatic rings. The molecule has 2 N–H and O–H groups in total. The van der Waals surface area contributed by atoms with Crippen LogP contribution < -0.4 is 10.6 Å². The molecule has 0 aliphatic heterocycles. The van der Waals surface area contributed by atoms with Crippen molar-refractivity contribution >= 4 is 6.03 Å². The highest BCUT2D eigenvalue weighted by Crippen LogP contribution is 2.20. The molecule has 1 aromatic heterocycles. The number of fused-ring (bicyclic) bond motifs is 1. The smallest absolute Gasteiger partial charge is 0.315 e. The van der Waals surface area contributed by atoms with Crippen molar-refractivity contribution in [1.29, 1.82) is 0 Å². The molecule has 0 bridgehead atoms. The molecule has 1 aromatic carbocycles. The maximum Gasteiger partial charge on any atom is 0.315 e. The van der Waals surface area contributed by atoms with Crippen LogP contribution in [0.4, 0.5) is 4.79 Å². The lowest BCUT2D eigenvalue weighted by atomic mass is 10.0. The van der Waals surface area contributed by atoms with Crippen molar-refractivity contribution in [2.24, 2.45) is 0 Å². The fraction of sp³-hybridized carbons (Fsp3) is 0.526. The highest BCUT2D eigenvalue weighted by Gasteiger charge is 2.20. The third kappa shape index (κ3) is 4.38. The third-order valence-electron chi connectivity index (χ3n) is 4.58. The molecular formula is C19H27N5O. The zero-order chi connectivity index (χ0) is 17.9. The second kappa shape index (κ2) is 7.25.